The van der Waals surface area contributed by atoms with E-state index in [2.05, 4.69) is 20.3 Å². The first kappa shape index (κ1) is 17.6. The van der Waals surface area contributed by atoms with Gasteiger partial charge in [0.15, 0.2) is 5.78 Å². The van der Waals surface area contributed by atoms with E-state index in [0.717, 1.165) is 27.8 Å². The quantitative estimate of drug-likeness (QED) is 0.504. The summed E-state index contributed by atoms with van der Waals surface area (Å²) in [5, 5.41) is 3.27. The van der Waals surface area contributed by atoms with Gasteiger partial charge in [-0.2, -0.15) is 0 Å². The number of para-hydroxylation sites is 2. The summed E-state index contributed by atoms with van der Waals surface area (Å²) in [5.41, 5.74) is 10.5. The first-order valence-electron chi connectivity index (χ1n) is 8.96. The zero-order valence-corrected chi connectivity index (χ0v) is 15.2. The Morgan fingerprint density at radius 2 is 1.75 bits per heavy atom. The number of hydrogen-bond acceptors (Lipinski definition) is 6. The van der Waals surface area contributed by atoms with Crippen molar-refractivity contribution < 1.29 is 4.79 Å². The van der Waals surface area contributed by atoms with Crippen LogP contribution in [0.25, 0.3) is 11.0 Å². The lowest BCUT2D eigenvalue weighted by molar-refractivity contribution is 0.0988. The molecular weight excluding hydrogens is 350 g/mol. The van der Waals surface area contributed by atoms with Gasteiger partial charge in [-0.15, -0.1) is 0 Å². The van der Waals surface area contributed by atoms with Crippen LogP contribution in [0.15, 0.2) is 73.1 Å². The van der Waals surface area contributed by atoms with Crippen LogP contribution in [0.1, 0.15) is 21.6 Å². The molecule has 2 heterocycles. The largest absolute Gasteiger partial charge is 0.382 e. The molecule has 0 aliphatic rings. The van der Waals surface area contributed by atoms with Crippen molar-refractivity contribution in [2.75, 3.05) is 11.1 Å². The molecule has 0 aliphatic carbocycles. The topological polar surface area (TPSA) is 93.8 Å². The van der Waals surface area contributed by atoms with Crippen molar-refractivity contribution in [1.82, 2.24) is 15.0 Å². The molecule has 2 aromatic heterocycles. The second-order valence-electron chi connectivity index (χ2n) is 6.45. The van der Waals surface area contributed by atoms with Crippen LogP contribution in [0.5, 0.6) is 0 Å². The molecule has 4 aromatic rings. The molecule has 0 atom stereocenters. The van der Waals surface area contributed by atoms with Gasteiger partial charge in [-0.05, 0) is 35.4 Å². The maximum atomic E-state index is 12.7. The fourth-order valence-corrected chi connectivity index (χ4v) is 2.98. The van der Waals surface area contributed by atoms with Gasteiger partial charge >= 0.3 is 0 Å². The molecule has 2 aromatic carbocycles. The summed E-state index contributed by atoms with van der Waals surface area (Å²) < 4.78 is 0. The lowest BCUT2D eigenvalue weighted by Gasteiger charge is -2.09. The van der Waals surface area contributed by atoms with Crippen LogP contribution in [0.3, 0.4) is 0 Å². The summed E-state index contributed by atoms with van der Waals surface area (Å²) in [7, 11) is 0. The summed E-state index contributed by atoms with van der Waals surface area (Å²) in [6.07, 6.45) is 3.47. The zero-order chi connectivity index (χ0) is 19.3. The molecule has 4 rings (SSSR count). The van der Waals surface area contributed by atoms with E-state index in [4.69, 9.17) is 5.73 Å². The summed E-state index contributed by atoms with van der Waals surface area (Å²) >= 11 is 0. The Morgan fingerprint density at radius 1 is 0.929 bits per heavy atom. The highest BCUT2D eigenvalue weighted by atomic mass is 16.1. The molecule has 0 fully saturated rings. The maximum absolute atomic E-state index is 12.7. The van der Waals surface area contributed by atoms with Gasteiger partial charge in [-0.3, -0.25) is 9.78 Å². The second kappa shape index (κ2) is 7.84. The van der Waals surface area contributed by atoms with Crippen LogP contribution in [0.2, 0.25) is 0 Å². The number of carbonyl (C=O) groups is 1. The highest BCUT2D eigenvalue weighted by Gasteiger charge is 2.11. The first-order valence-corrected chi connectivity index (χ1v) is 8.96. The molecule has 0 saturated carbocycles. The number of pyridine rings is 1. The van der Waals surface area contributed by atoms with Crippen molar-refractivity contribution in [2.45, 2.75) is 13.0 Å². The normalized spacial score (nSPS) is 10.7. The van der Waals surface area contributed by atoms with Crippen molar-refractivity contribution in [3.05, 3.63) is 89.9 Å². The molecular formula is C22H19N5O. The number of nitrogen functional groups attached to an aromatic ring is 1. The molecule has 0 saturated heterocycles. The Labute approximate surface area is 162 Å². The predicted octanol–water partition coefficient (Wildman–Crippen LogP) is 3.64. The zero-order valence-electron chi connectivity index (χ0n) is 15.2. The average Bonchev–Trinajstić information content (AvgIpc) is 2.73. The van der Waals surface area contributed by atoms with E-state index < -0.39 is 0 Å². The van der Waals surface area contributed by atoms with Gasteiger partial charge in [-0.25, -0.2) is 9.97 Å². The minimum absolute atomic E-state index is 0.0557. The van der Waals surface area contributed by atoms with Crippen LogP contribution in [0, 0.1) is 0 Å². The van der Waals surface area contributed by atoms with E-state index in [1.165, 1.54) is 0 Å². The van der Waals surface area contributed by atoms with Gasteiger partial charge in [0.1, 0.15) is 11.5 Å². The number of nitrogens with two attached hydrogens (primary N) is 1. The summed E-state index contributed by atoms with van der Waals surface area (Å²) in [6, 6.07) is 19.1. The fraction of sp³-hybridized carbons (Fsp3) is 0.0909. The number of fused-ring (bicyclic) bond motifs is 1. The molecule has 138 valence electrons. The third-order valence-corrected chi connectivity index (χ3v) is 4.41. The van der Waals surface area contributed by atoms with Crippen LogP contribution >= 0.6 is 0 Å². The molecule has 28 heavy (non-hydrogen) atoms. The number of nitrogens with one attached hydrogen (secondary N) is 1. The Balaban J connectivity index is 1.46. The highest BCUT2D eigenvalue weighted by molar-refractivity contribution is 5.96. The molecule has 3 N–H and O–H groups in total. The van der Waals surface area contributed by atoms with Crippen molar-refractivity contribution in [1.29, 1.82) is 0 Å². The average molecular weight is 369 g/mol. The van der Waals surface area contributed by atoms with Crippen molar-refractivity contribution in [2.24, 2.45) is 0 Å². The number of Topliss-reactive ketones (excluding diaryl/α,β-unsaturated/α-hetero) is 1. The number of nitrogens with zero attached hydrogens (tertiary/aromatic N) is 3. The van der Waals surface area contributed by atoms with Crippen molar-refractivity contribution in [3.8, 4) is 0 Å². The third kappa shape index (κ3) is 3.96. The molecule has 6 heteroatoms. The summed E-state index contributed by atoms with van der Waals surface area (Å²) in [6.45, 7) is 0.591. The van der Waals surface area contributed by atoms with E-state index in [0.29, 0.717) is 18.1 Å². The van der Waals surface area contributed by atoms with Crippen LogP contribution < -0.4 is 11.1 Å². The van der Waals surface area contributed by atoms with Gasteiger partial charge in [0.05, 0.1) is 22.9 Å². The van der Waals surface area contributed by atoms with E-state index >= 15 is 0 Å². The van der Waals surface area contributed by atoms with Crippen molar-refractivity contribution in [3.63, 3.8) is 0 Å². The monoisotopic (exact) mass is 369 g/mol. The van der Waals surface area contributed by atoms with Crippen molar-refractivity contribution >= 4 is 28.3 Å². The van der Waals surface area contributed by atoms with Gasteiger partial charge in [-0.1, -0.05) is 36.4 Å². The van der Waals surface area contributed by atoms with Crippen LogP contribution in [0.4, 0.5) is 11.5 Å². The highest BCUT2D eigenvalue weighted by Crippen LogP contribution is 2.16. The van der Waals surface area contributed by atoms with E-state index in [1.807, 2.05) is 60.7 Å². The number of anilines is 2. The molecule has 0 bridgehead atoms. The molecule has 0 spiro atoms. The third-order valence-electron chi connectivity index (χ3n) is 4.41. The molecule has 0 unspecified atom stereocenters. The van der Waals surface area contributed by atoms with Gasteiger partial charge < -0.3 is 11.1 Å². The van der Waals surface area contributed by atoms with Crippen LogP contribution in [-0.2, 0) is 13.0 Å². The SMILES string of the molecule is Nc1ncccc1NCc1cccc(CC(=O)c2cnc3ccccc3n2)c1. The van der Waals surface area contributed by atoms with E-state index in [1.54, 1.807) is 12.4 Å². The van der Waals surface area contributed by atoms with Gasteiger partial charge in [0, 0.05) is 19.2 Å². The summed E-state index contributed by atoms with van der Waals surface area (Å²) in [5.74, 6) is 0.406. The number of ketones is 1. The molecule has 0 amide bonds. The predicted molar refractivity (Wildman–Crippen MR) is 110 cm³/mol. The minimum Gasteiger partial charge on any atom is -0.382 e. The molecule has 6 nitrogen and oxygen atoms in total. The second-order valence-corrected chi connectivity index (χ2v) is 6.45. The summed E-state index contributed by atoms with van der Waals surface area (Å²) in [4.78, 5) is 25.5. The standard InChI is InChI=1S/C22H19N5O/c23-22-19(9-4-10-24-22)25-13-16-6-3-5-15(11-16)12-21(28)20-14-26-17-7-1-2-8-18(17)27-20/h1-11,14,25H,12-13H2,(H2,23,24). The van der Waals surface area contributed by atoms with Gasteiger partial charge in [0.25, 0.3) is 0 Å². The first-order chi connectivity index (χ1) is 13.7. The number of rotatable bonds is 6. The number of carbonyl (C=O) groups excluding carboxylic acids is 1. The fourth-order valence-electron chi connectivity index (χ4n) is 2.98. The van der Waals surface area contributed by atoms with E-state index in [-0.39, 0.29) is 12.2 Å². The van der Waals surface area contributed by atoms with Gasteiger partial charge in [0.2, 0.25) is 0 Å². The smallest absolute Gasteiger partial charge is 0.187 e. The lowest BCUT2D eigenvalue weighted by atomic mass is 10.0. The maximum Gasteiger partial charge on any atom is 0.187 e. The number of benzene rings is 2. The number of hydrogen-bond donors (Lipinski definition) is 2. The van der Waals surface area contributed by atoms with E-state index in [9.17, 15) is 4.79 Å². The number of aromatic nitrogens is 3. The Bertz CT molecular complexity index is 1140. The Kier molecular flexibility index (Phi) is 4.93. The Morgan fingerprint density at radius 3 is 2.61 bits per heavy atom. The molecule has 0 radical (unpaired) electrons. The Hall–Kier alpha value is -3.80. The lowest BCUT2D eigenvalue weighted by Crippen LogP contribution is -2.08. The molecule has 0 aliphatic heterocycles. The minimum atomic E-state index is -0.0557. The van der Waals surface area contributed by atoms with Crippen LogP contribution in [-0.4, -0.2) is 20.7 Å².